The molecular formula is C33H36N4. The van der Waals surface area contributed by atoms with Crippen LogP contribution in [0.15, 0.2) is 102 Å². The maximum absolute atomic E-state index is 5.13. The van der Waals surface area contributed by atoms with Crippen molar-refractivity contribution in [3.05, 3.63) is 102 Å². The Labute approximate surface area is 220 Å². The molecule has 4 heteroatoms. The third-order valence-electron chi connectivity index (χ3n) is 6.63. The molecule has 2 aliphatic rings. The van der Waals surface area contributed by atoms with Crippen LogP contribution in [0, 0.1) is 11.3 Å². The van der Waals surface area contributed by atoms with Gasteiger partial charge in [0.1, 0.15) is 0 Å². The molecule has 0 bridgehead atoms. The van der Waals surface area contributed by atoms with E-state index in [9.17, 15) is 0 Å². The summed E-state index contributed by atoms with van der Waals surface area (Å²) in [5, 5.41) is 4.56. The molecule has 1 unspecified atom stereocenters. The Bertz CT molecular complexity index is 1510. The zero-order valence-corrected chi connectivity index (χ0v) is 22.3. The molecule has 3 aromatic rings. The van der Waals surface area contributed by atoms with Crippen molar-refractivity contribution in [2.75, 3.05) is 11.9 Å². The van der Waals surface area contributed by atoms with Crippen LogP contribution in [-0.2, 0) is 0 Å². The van der Waals surface area contributed by atoms with Gasteiger partial charge < -0.3 is 9.88 Å². The van der Waals surface area contributed by atoms with Crippen LogP contribution in [0.4, 0.5) is 11.4 Å². The zero-order valence-electron chi connectivity index (χ0n) is 22.3. The van der Waals surface area contributed by atoms with Gasteiger partial charge in [-0.1, -0.05) is 76.2 Å². The maximum Gasteiger partial charge on any atom is 0.0900 e. The van der Waals surface area contributed by atoms with Gasteiger partial charge in [0.2, 0.25) is 0 Å². The smallest absolute Gasteiger partial charge is 0.0900 e. The fraction of sp³-hybridized carbons (Fsp3) is 0.273. The summed E-state index contributed by atoms with van der Waals surface area (Å²) in [5.74, 6) is 0.620. The van der Waals surface area contributed by atoms with E-state index in [1.807, 2.05) is 24.3 Å². The minimum atomic E-state index is 0.330. The molecule has 1 atom stereocenters. The SMILES string of the molecule is CC(CCN=c1cc2n(-c3ccccc3)c3ccccc3nc-2cc1Nc1ccccc1)CC(C)(C)C. The Morgan fingerprint density at radius 1 is 0.865 bits per heavy atom. The van der Waals surface area contributed by atoms with Crippen LogP contribution in [0.1, 0.15) is 40.5 Å². The van der Waals surface area contributed by atoms with E-state index in [4.69, 9.17) is 9.98 Å². The Hall–Kier alpha value is -3.92. The molecule has 0 saturated carbocycles. The standard InChI is InChI=1S/C33H36N4/c1-24(23-33(2,3)4)19-20-34-28-22-32-30(21-29(28)35-25-13-7-5-8-14-25)36-27-17-11-12-18-31(27)37(32)26-15-9-6-10-16-26/h5-18,21-22,24,35H,19-20,23H2,1-4H3. The van der Waals surface area contributed by atoms with Crippen LogP contribution >= 0.6 is 0 Å². The molecule has 37 heavy (non-hydrogen) atoms. The topological polar surface area (TPSA) is 42.2 Å². The number of aromatic nitrogens is 2. The number of rotatable bonds is 7. The van der Waals surface area contributed by atoms with Crippen molar-refractivity contribution >= 4 is 22.4 Å². The third-order valence-corrected chi connectivity index (χ3v) is 6.63. The highest BCUT2D eigenvalue weighted by Gasteiger charge is 2.17. The molecule has 0 fully saturated rings. The summed E-state index contributed by atoms with van der Waals surface area (Å²) >= 11 is 0. The number of nitrogens with one attached hydrogen (secondary N) is 1. The normalized spacial score (nSPS) is 13.2. The van der Waals surface area contributed by atoms with E-state index in [0.29, 0.717) is 11.3 Å². The summed E-state index contributed by atoms with van der Waals surface area (Å²) in [4.78, 5) is 10.2. The number of nitrogens with zero attached hydrogens (tertiary/aromatic N) is 3. The molecular weight excluding hydrogens is 452 g/mol. The zero-order chi connectivity index (χ0) is 25.8. The van der Waals surface area contributed by atoms with Crippen LogP contribution < -0.4 is 10.7 Å². The predicted molar refractivity (Wildman–Crippen MR) is 156 cm³/mol. The third kappa shape index (κ3) is 5.91. The van der Waals surface area contributed by atoms with Crippen molar-refractivity contribution in [3.63, 3.8) is 0 Å². The van der Waals surface area contributed by atoms with Gasteiger partial charge in [-0.2, -0.15) is 0 Å². The molecule has 0 spiro atoms. The van der Waals surface area contributed by atoms with Crippen LogP contribution in [0.5, 0.6) is 0 Å². The summed E-state index contributed by atoms with van der Waals surface area (Å²) in [6, 6.07) is 33.5. The van der Waals surface area contributed by atoms with Gasteiger partial charge in [0.15, 0.2) is 0 Å². The van der Waals surface area contributed by atoms with E-state index in [1.165, 1.54) is 6.42 Å². The first-order valence-corrected chi connectivity index (χ1v) is 13.2. The molecule has 1 heterocycles. The molecule has 0 aromatic heterocycles. The first-order chi connectivity index (χ1) is 17.9. The Balaban J connectivity index is 1.66. The molecule has 1 N–H and O–H groups in total. The quantitative estimate of drug-likeness (QED) is 0.234. The van der Waals surface area contributed by atoms with Gasteiger partial charge in [-0.25, -0.2) is 4.98 Å². The summed E-state index contributed by atoms with van der Waals surface area (Å²) in [6.07, 6.45) is 2.26. The number of hydrogen-bond acceptors (Lipinski definition) is 3. The second kappa shape index (κ2) is 10.6. The van der Waals surface area contributed by atoms with Gasteiger partial charge in [-0.3, -0.25) is 4.99 Å². The van der Waals surface area contributed by atoms with E-state index in [1.54, 1.807) is 0 Å². The van der Waals surface area contributed by atoms with E-state index < -0.39 is 0 Å². The lowest BCUT2D eigenvalue weighted by molar-refractivity contribution is 0.299. The van der Waals surface area contributed by atoms with Crippen molar-refractivity contribution in [2.45, 2.75) is 40.5 Å². The van der Waals surface area contributed by atoms with E-state index in [0.717, 1.165) is 57.8 Å². The van der Waals surface area contributed by atoms with Crippen molar-refractivity contribution in [1.29, 1.82) is 0 Å². The molecule has 4 nitrogen and oxygen atoms in total. The van der Waals surface area contributed by atoms with E-state index in [2.05, 4.69) is 110 Å². The van der Waals surface area contributed by atoms with Crippen LogP contribution in [-0.4, -0.2) is 16.1 Å². The number of benzene rings is 4. The van der Waals surface area contributed by atoms with Gasteiger partial charge in [-0.05, 0) is 72.7 Å². The highest BCUT2D eigenvalue weighted by molar-refractivity contribution is 5.84. The largest absolute Gasteiger partial charge is 0.354 e. The molecule has 0 radical (unpaired) electrons. The van der Waals surface area contributed by atoms with Crippen molar-refractivity contribution < 1.29 is 0 Å². The highest BCUT2D eigenvalue weighted by atomic mass is 15.0. The Morgan fingerprint density at radius 3 is 2.27 bits per heavy atom. The highest BCUT2D eigenvalue weighted by Crippen LogP contribution is 2.30. The number of fused-ring (bicyclic) bond motifs is 2. The van der Waals surface area contributed by atoms with E-state index >= 15 is 0 Å². The molecule has 3 aromatic carbocycles. The predicted octanol–water partition coefficient (Wildman–Crippen LogP) is 8.24. The average Bonchev–Trinajstić information content (AvgIpc) is 2.88. The second-order valence-corrected chi connectivity index (χ2v) is 11.2. The fourth-order valence-corrected chi connectivity index (χ4v) is 5.16. The molecule has 0 saturated heterocycles. The minimum Gasteiger partial charge on any atom is -0.354 e. The number of para-hydroxylation sites is 4. The van der Waals surface area contributed by atoms with Gasteiger partial charge in [0.25, 0.3) is 0 Å². The number of anilines is 2. The van der Waals surface area contributed by atoms with Crippen LogP contribution in [0.2, 0.25) is 0 Å². The average molecular weight is 489 g/mol. The molecule has 1 aliphatic carbocycles. The van der Waals surface area contributed by atoms with E-state index in [-0.39, 0.29) is 0 Å². The summed E-state index contributed by atoms with van der Waals surface area (Å²) < 4.78 is 2.30. The van der Waals surface area contributed by atoms with Gasteiger partial charge in [-0.15, -0.1) is 0 Å². The number of hydrogen-bond donors (Lipinski definition) is 1. The lowest BCUT2D eigenvalue weighted by Gasteiger charge is -2.22. The molecule has 5 rings (SSSR count). The van der Waals surface area contributed by atoms with Crippen molar-refractivity contribution in [1.82, 2.24) is 9.55 Å². The van der Waals surface area contributed by atoms with Gasteiger partial charge >= 0.3 is 0 Å². The second-order valence-electron chi connectivity index (χ2n) is 11.2. The van der Waals surface area contributed by atoms with Crippen LogP contribution in [0.25, 0.3) is 28.1 Å². The summed E-state index contributed by atoms with van der Waals surface area (Å²) in [7, 11) is 0. The molecule has 1 aliphatic heterocycles. The lowest BCUT2D eigenvalue weighted by atomic mass is 9.84. The first kappa shape index (κ1) is 24.8. The maximum atomic E-state index is 5.13. The monoisotopic (exact) mass is 488 g/mol. The first-order valence-electron chi connectivity index (χ1n) is 13.2. The van der Waals surface area contributed by atoms with Gasteiger partial charge in [0.05, 0.1) is 33.5 Å². The molecule has 188 valence electrons. The summed E-state index contributed by atoms with van der Waals surface area (Å²) in [6.45, 7) is 10.1. The fourth-order valence-electron chi connectivity index (χ4n) is 5.16. The minimum absolute atomic E-state index is 0.330. The molecule has 0 amide bonds. The lowest BCUT2D eigenvalue weighted by Crippen LogP contribution is -2.16. The van der Waals surface area contributed by atoms with Gasteiger partial charge in [0, 0.05) is 17.9 Å². The Morgan fingerprint density at radius 2 is 1.54 bits per heavy atom. The Kier molecular flexibility index (Phi) is 7.09. The van der Waals surface area contributed by atoms with Crippen molar-refractivity contribution in [3.8, 4) is 17.1 Å². The summed E-state index contributed by atoms with van der Waals surface area (Å²) in [5.41, 5.74) is 7.47. The van der Waals surface area contributed by atoms with Crippen LogP contribution in [0.3, 0.4) is 0 Å². The van der Waals surface area contributed by atoms with Crippen molar-refractivity contribution in [2.24, 2.45) is 16.3 Å².